The number of hydrogen-bond acceptors (Lipinski definition) is 4. The lowest BCUT2D eigenvalue weighted by molar-refractivity contribution is 0.169. The van der Waals surface area contributed by atoms with Gasteiger partial charge in [-0.15, -0.1) is 24.0 Å². The van der Waals surface area contributed by atoms with Crippen molar-refractivity contribution in [2.45, 2.75) is 26.9 Å². The third kappa shape index (κ3) is 5.51. The van der Waals surface area contributed by atoms with Gasteiger partial charge in [0.2, 0.25) is 0 Å². The molecule has 0 radical (unpaired) electrons. The largest absolute Gasteiger partial charge is 0.361 e. The van der Waals surface area contributed by atoms with Gasteiger partial charge in [0.25, 0.3) is 0 Å². The van der Waals surface area contributed by atoms with Gasteiger partial charge in [-0.1, -0.05) is 47.6 Å². The van der Waals surface area contributed by atoms with E-state index in [-0.39, 0.29) is 24.0 Å². The standard InChI is InChI=1S/C23H29N5O.HI/c1-3-24-23(25-16-20-9-6-8-19-7-4-5-10-22(19)20)28-13-11-27(12-14-28)17-21-15-18(2)29-26-21;/h4-10,15H,3,11-14,16-17H2,1-2H3,(H,24,25);1H. The Labute approximate surface area is 195 Å². The molecule has 0 saturated carbocycles. The quantitative estimate of drug-likeness (QED) is 0.314. The van der Waals surface area contributed by atoms with Crippen molar-refractivity contribution in [2.24, 2.45) is 4.99 Å². The van der Waals surface area contributed by atoms with Crippen LogP contribution in [-0.2, 0) is 13.1 Å². The highest BCUT2D eigenvalue weighted by Gasteiger charge is 2.20. The lowest BCUT2D eigenvalue weighted by Gasteiger charge is -2.36. The molecular formula is C23H30IN5O. The summed E-state index contributed by atoms with van der Waals surface area (Å²) in [5.74, 6) is 1.87. The number of hydrogen-bond donors (Lipinski definition) is 1. The Kier molecular flexibility index (Phi) is 8.09. The molecule has 0 amide bonds. The number of aryl methyl sites for hydroxylation is 1. The molecule has 1 aromatic heterocycles. The highest BCUT2D eigenvalue weighted by atomic mass is 127. The zero-order valence-corrected chi connectivity index (χ0v) is 20.0. The van der Waals surface area contributed by atoms with Gasteiger partial charge in [-0.3, -0.25) is 4.90 Å². The third-order valence-electron chi connectivity index (χ3n) is 5.35. The van der Waals surface area contributed by atoms with Gasteiger partial charge in [-0.05, 0) is 30.2 Å². The fourth-order valence-electron chi connectivity index (χ4n) is 3.86. The average molecular weight is 519 g/mol. The zero-order chi connectivity index (χ0) is 20.1. The van der Waals surface area contributed by atoms with E-state index in [1.54, 1.807) is 0 Å². The monoisotopic (exact) mass is 519 g/mol. The van der Waals surface area contributed by atoms with Crippen LogP contribution in [0.4, 0.5) is 0 Å². The van der Waals surface area contributed by atoms with Crippen LogP contribution >= 0.6 is 24.0 Å². The Bertz CT molecular complexity index is 973. The van der Waals surface area contributed by atoms with Gasteiger partial charge in [0.05, 0.1) is 12.2 Å². The van der Waals surface area contributed by atoms with Crippen molar-refractivity contribution in [3.8, 4) is 0 Å². The zero-order valence-electron chi connectivity index (χ0n) is 17.7. The topological polar surface area (TPSA) is 56.9 Å². The van der Waals surface area contributed by atoms with E-state index in [0.717, 1.165) is 56.7 Å². The molecule has 1 N–H and O–H groups in total. The summed E-state index contributed by atoms with van der Waals surface area (Å²) in [6, 6.07) is 17.0. The summed E-state index contributed by atoms with van der Waals surface area (Å²) in [4.78, 5) is 9.73. The van der Waals surface area contributed by atoms with E-state index in [1.807, 2.05) is 13.0 Å². The summed E-state index contributed by atoms with van der Waals surface area (Å²) >= 11 is 0. The molecule has 6 nitrogen and oxygen atoms in total. The second kappa shape index (κ2) is 10.8. The van der Waals surface area contributed by atoms with Crippen LogP contribution in [0.2, 0.25) is 0 Å². The van der Waals surface area contributed by atoms with Crippen molar-refractivity contribution in [2.75, 3.05) is 32.7 Å². The van der Waals surface area contributed by atoms with Crippen LogP contribution in [0.25, 0.3) is 10.8 Å². The smallest absolute Gasteiger partial charge is 0.194 e. The van der Waals surface area contributed by atoms with Gasteiger partial charge in [-0.25, -0.2) is 4.99 Å². The first-order valence-electron chi connectivity index (χ1n) is 10.4. The average Bonchev–Trinajstić information content (AvgIpc) is 3.16. The Morgan fingerprint density at radius 3 is 2.60 bits per heavy atom. The van der Waals surface area contributed by atoms with Crippen LogP contribution in [-0.4, -0.2) is 53.6 Å². The van der Waals surface area contributed by atoms with Crippen molar-refractivity contribution < 1.29 is 4.52 Å². The van der Waals surface area contributed by atoms with Gasteiger partial charge in [0, 0.05) is 45.3 Å². The molecule has 2 heterocycles. The maximum atomic E-state index is 5.19. The second-order valence-electron chi connectivity index (χ2n) is 7.50. The number of benzene rings is 2. The van der Waals surface area contributed by atoms with E-state index in [0.29, 0.717) is 6.54 Å². The molecule has 4 rings (SSSR count). The lowest BCUT2D eigenvalue weighted by atomic mass is 10.1. The summed E-state index contributed by atoms with van der Waals surface area (Å²) in [6.45, 7) is 10.3. The van der Waals surface area contributed by atoms with E-state index < -0.39 is 0 Å². The first-order valence-corrected chi connectivity index (χ1v) is 10.4. The van der Waals surface area contributed by atoms with Gasteiger partial charge in [0.15, 0.2) is 5.96 Å². The molecule has 0 atom stereocenters. The van der Waals surface area contributed by atoms with E-state index in [9.17, 15) is 0 Å². The van der Waals surface area contributed by atoms with Crippen LogP contribution < -0.4 is 5.32 Å². The van der Waals surface area contributed by atoms with E-state index in [1.165, 1.54) is 16.3 Å². The predicted molar refractivity (Wildman–Crippen MR) is 132 cm³/mol. The molecule has 7 heteroatoms. The van der Waals surface area contributed by atoms with E-state index in [2.05, 4.69) is 69.7 Å². The molecular weight excluding hydrogens is 489 g/mol. The van der Waals surface area contributed by atoms with Gasteiger partial charge < -0.3 is 14.7 Å². The Hall–Kier alpha value is -2.13. The minimum Gasteiger partial charge on any atom is -0.361 e. The first kappa shape index (κ1) is 22.6. The molecule has 0 bridgehead atoms. The normalized spacial score (nSPS) is 15.3. The first-order chi connectivity index (χ1) is 14.2. The number of aromatic nitrogens is 1. The number of nitrogens with zero attached hydrogens (tertiary/aromatic N) is 4. The molecule has 2 aromatic carbocycles. The highest BCUT2D eigenvalue weighted by Crippen LogP contribution is 2.19. The van der Waals surface area contributed by atoms with Crippen LogP contribution in [0, 0.1) is 6.92 Å². The summed E-state index contributed by atoms with van der Waals surface area (Å²) in [5.41, 5.74) is 2.27. The summed E-state index contributed by atoms with van der Waals surface area (Å²) in [7, 11) is 0. The minimum atomic E-state index is 0. The highest BCUT2D eigenvalue weighted by molar-refractivity contribution is 14.0. The third-order valence-corrected chi connectivity index (χ3v) is 5.35. The van der Waals surface area contributed by atoms with Crippen LogP contribution in [0.5, 0.6) is 0 Å². The van der Waals surface area contributed by atoms with Crippen molar-refractivity contribution >= 4 is 40.7 Å². The lowest BCUT2D eigenvalue weighted by Crippen LogP contribution is -2.52. The fraction of sp³-hybridized carbons (Fsp3) is 0.391. The minimum absolute atomic E-state index is 0. The van der Waals surface area contributed by atoms with Gasteiger partial charge in [-0.2, -0.15) is 0 Å². The van der Waals surface area contributed by atoms with Crippen LogP contribution in [0.3, 0.4) is 0 Å². The molecule has 30 heavy (non-hydrogen) atoms. The molecule has 0 unspecified atom stereocenters. The molecule has 160 valence electrons. The maximum absolute atomic E-state index is 5.19. The van der Waals surface area contributed by atoms with Crippen molar-refractivity contribution in [3.05, 3.63) is 65.5 Å². The Morgan fingerprint density at radius 1 is 1.10 bits per heavy atom. The molecule has 1 aliphatic rings. The van der Waals surface area contributed by atoms with Crippen molar-refractivity contribution in [1.29, 1.82) is 0 Å². The summed E-state index contributed by atoms with van der Waals surface area (Å²) in [6.07, 6.45) is 0. The number of piperazine rings is 1. The molecule has 1 saturated heterocycles. The molecule has 1 fully saturated rings. The summed E-state index contributed by atoms with van der Waals surface area (Å²) in [5, 5.41) is 10.1. The van der Waals surface area contributed by atoms with Gasteiger partial charge >= 0.3 is 0 Å². The van der Waals surface area contributed by atoms with Crippen LogP contribution in [0.15, 0.2) is 58.0 Å². The van der Waals surface area contributed by atoms with E-state index >= 15 is 0 Å². The molecule has 0 aliphatic carbocycles. The number of fused-ring (bicyclic) bond motifs is 1. The summed E-state index contributed by atoms with van der Waals surface area (Å²) < 4.78 is 5.19. The van der Waals surface area contributed by atoms with Gasteiger partial charge in [0.1, 0.15) is 5.76 Å². The maximum Gasteiger partial charge on any atom is 0.194 e. The number of rotatable bonds is 5. The second-order valence-corrected chi connectivity index (χ2v) is 7.50. The van der Waals surface area contributed by atoms with Crippen molar-refractivity contribution in [3.63, 3.8) is 0 Å². The number of aliphatic imine (C=N–C) groups is 1. The predicted octanol–water partition coefficient (Wildman–Crippen LogP) is 4.04. The van der Waals surface area contributed by atoms with Crippen LogP contribution in [0.1, 0.15) is 23.9 Å². The number of nitrogens with one attached hydrogen (secondary N) is 1. The van der Waals surface area contributed by atoms with E-state index in [4.69, 9.17) is 9.52 Å². The van der Waals surface area contributed by atoms with Crippen molar-refractivity contribution in [1.82, 2.24) is 20.3 Å². The number of halogens is 1. The molecule has 0 spiro atoms. The molecule has 1 aliphatic heterocycles. The number of guanidine groups is 1. The SMILES string of the molecule is CCNC(=NCc1cccc2ccccc12)N1CCN(Cc2cc(C)on2)CC1.I. The Balaban J connectivity index is 0.00000256. The Morgan fingerprint density at radius 2 is 1.87 bits per heavy atom. The fourth-order valence-corrected chi connectivity index (χ4v) is 3.86. The molecule has 3 aromatic rings.